The van der Waals surface area contributed by atoms with Crippen LogP contribution in [-0.4, -0.2) is 27.7 Å². The summed E-state index contributed by atoms with van der Waals surface area (Å²) < 4.78 is 0.857. The van der Waals surface area contributed by atoms with Crippen molar-refractivity contribution in [3.63, 3.8) is 0 Å². The molecular formula is C14H20BrN3O. The van der Waals surface area contributed by atoms with Crippen molar-refractivity contribution in [2.24, 2.45) is 5.92 Å². The van der Waals surface area contributed by atoms with E-state index in [2.05, 4.69) is 31.2 Å². The van der Waals surface area contributed by atoms with Gasteiger partial charge in [0.2, 0.25) is 0 Å². The predicted molar refractivity (Wildman–Crippen MR) is 78.2 cm³/mol. The van der Waals surface area contributed by atoms with Crippen LogP contribution in [0.3, 0.4) is 0 Å². The van der Waals surface area contributed by atoms with Gasteiger partial charge in [-0.05, 0) is 54.0 Å². The molecular weight excluding hydrogens is 306 g/mol. The van der Waals surface area contributed by atoms with Crippen LogP contribution in [0.2, 0.25) is 0 Å². The van der Waals surface area contributed by atoms with Gasteiger partial charge in [0.25, 0.3) is 0 Å². The Bertz CT molecular complexity index is 450. The molecule has 1 heterocycles. The van der Waals surface area contributed by atoms with Crippen molar-refractivity contribution in [1.29, 1.82) is 0 Å². The van der Waals surface area contributed by atoms with E-state index in [0.717, 1.165) is 42.1 Å². The Morgan fingerprint density at radius 1 is 1.26 bits per heavy atom. The van der Waals surface area contributed by atoms with E-state index < -0.39 is 0 Å². The summed E-state index contributed by atoms with van der Waals surface area (Å²) in [5.41, 5.74) is 0. The molecule has 2 aliphatic rings. The van der Waals surface area contributed by atoms with E-state index in [-0.39, 0.29) is 6.10 Å². The Hall–Kier alpha value is -0.680. The summed E-state index contributed by atoms with van der Waals surface area (Å²) in [6.07, 6.45) is 6.52. The average molecular weight is 326 g/mol. The van der Waals surface area contributed by atoms with Crippen LogP contribution in [0.4, 0.5) is 5.82 Å². The zero-order chi connectivity index (χ0) is 13.2. The van der Waals surface area contributed by atoms with Crippen LogP contribution < -0.4 is 5.32 Å². The maximum absolute atomic E-state index is 9.69. The van der Waals surface area contributed by atoms with Gasteiger partial charge in [-0.25, -0.2) is 9.97 Å². The first kappa shape index (κ1) is 13.3. The molecule has 5 heteroatoms. The van der Waals surface area contributed by atoms with Gasteiger partial charge in [0.05, 0.1) is 6.10 Å². The highest BCUT2D eigenvalue weighted by molar-refractivity contribution is 9.10. The Morgan fingerprint density at radius 2 is 2.11 bits per heavy atom. The fraction of sp³-hybridized carbons (Fsp3) is 0.714. The van der Waals surface area contributed by atoms with Crippen molar-refractivity contribution in [3.8, 4) is 0 Å². The van der Waals surface area contributed by atoms with Crippen LogP contribution >= 0.6 is 15.9 Å². The fourth-order valence-electron chi connectivity index (χ4n) is 2.75. The maximum Gasteiger partial charge on any atom is 0.135 e. The molecule has 0 aliphatic heterocycles. The van der Waals surface area contributed by atoms with Gasteiger partial charge in [-0.2, -0.15) is 0 Å². The molecule has 2 aliphatic carbocycles. The highest BCUT2D eigenvalue weighted by Crippen LogP contribution is 2.38. The van der Waals surface area contributed by atoms with Crippen LogP contribution in [0.15, 0.2) is 10.7 Å². The molecule has 19 heavy (non-hydrogen) atoms. The van der Waals surface area contributed by atoms with Crippen molar-refractivity contribution in [2.75, 3.05) is 11.9 Å². The molecule has 1 aromatic rings. The summed E-state index contributed by atoms with van der Waals surface area (Å²) in [5.74, 6) is 2.99. The van der Waals surface area contributed by atoms with Gasteiger partial charge in [0.1, 0.15) is 16.2 Å². The minimum atomic E-state index is -0.111. The second-order valence-electron chi connectivity index (χ2n) is 5.78. The molecule has 2 saturated carbocycles. The molecule has 104 valence electrons. The topological polar surface area (TPSA) is 58.0 Å². The first-order valence-electron chi connectivity index (χ1n) is 7.17. The Kier molecular flexibility index (Phi) is 4.03. The molecule has 0 spiro atoms. The van der Waals surface area contributed by atoms with Crippen LogP contribution in [-0.2, 0) is 0 Å². The van der Waals surface area contributed by atoms with Gasteiger partial charge in [-0.3, -0.25) is 0 Å². The lowest BCUT2D eigenvalue weighted by Gasteiger charge is -2.26. The van der Waals surface area contributed by atoms with Crippen molar-refractivity contribution in [2.45, 2.75) is 50.5 Å². The largest absolute Gasteiger partial charge is 0.393 e. The van der Waals surface area contributed by atoms with Crippen LogP contribution in [0.5, 0.6) is 0 Å². The minimum absolute atomic E-state index is 0.111. The molecule has 0 radical (unpaired) electrons. The van der Waals surface area contributed by atoms with Gasteiger partial charge < -0.3 is 10.4 Å². The van der Waals surface area contributed by atoms with Gasteiger partial charge in [0.15, 0.2) is 0 Å². The zero-order valence-electron chi connectivity index (χ0n) is 11.0. The van der Waals surface area contributed by atoms with E-state index >= 15 is 0 Å². The number of nitrogens with one attached hydrogen (secondary N) is 1. The number of nitrogens with zero attached hydrogens (tertiary/aromatic N) is 2. The Balaban J connectivity index is 1.59. The third-order valence-corrected chi connectivity index (χ3v) is 4.39. The molecule has 2 N–H and O–H groups in total. The number of anilines is 1. The number of aliphatic hydroxyl groups is 1. The lowest BCUT2D eigenvalue weighted by atomic mass is 9.87. The minimum Gasteiger partial charge on any atom is -0.393 e. The molecule has 3 rings (SSSR count). The van der Waals surface area contributed by atoms with Gasteiger partial charge in [-0.1, -0.05) is 6.42 Å². The third kappa shape index (κ3) is 3.66. The molecule has 0 amide bonds. The van der Waals surface area contributed by atoms with Crippen LogP contribution in [0, 0.1) is 5.92 Å². The normalized spacial score (nSPS) is 27.3. The second-order valence-corrected chi connectivity index (χ2v) is 6.59. The molecule has 2 fully saturated rings. The number of rotatable bonds is 4. The SMILES string of the molecule is OC1CCCC(CNc2cc(Br)nc(C3CC3)n2)C1. The van der Waals surface area contributed by atoms with E-state index in [0.29, 0.717) is 11.8 Å². The highest BCUT2D eigenvalue weighted by Gasteiger charge is 2.27. The van der Waals surface area contributed by atoms with Crippen LogP contribution in [0.1, 0.15) is 50.3 Å². The highest BCUT2D eigenvalue weighted by atomic mass is 79.9. The van der Waals surface area contributed by atoms with E-state index in [1.807, 2.05) is 6.07 Å². The van der Waals surface area contributed by atoms with Crippen molar-refractivity contribution < 1.29 is 5.11 Å². The standard InChI is InChI=1S/C14H20BrN3O/c15-12-7-13(18-14(17-12)10-4-5-10)16-8-9-2-1-3-11(19)6-9/h7,9-11,19H,1-6,8H2,(H,16,17,18). The van der Waals surface area contributed by atoms with E-state index in [4.69, 9.17) is 0 Å². The first-order valence-corrected chi connectivity index (χ1v) is 7.96. The lowest BCUT2D eigenvalue weighted by Crippen LogP contribution is -2.25. The monoisotopic (exact) mass is 325 g/mol. The van der Waals surface area contributed by atoms with Gasteiger partial charge in [-0.15, -0.1) is 0 Å². The smallest absolute Gasteiger partial charge is 0.135 e. The molecule has 4 nitrogen and oxygen atoms in total. The summed E-state index contributed by atoms with van der Waals surface area (Å²) in [4.78, 5) is 9.01. The summed E-state index contributed by atoms with van der Waals surface area (Å²) in [5, 5.41) is 13.1. The average Bonchev–Trinajstić information content (AvgIpc) is 3.20. The summed E-state index contributed by atoms with van der Waals surface area (Å²) in [6.45, 7) is 0.893. The molecule has 2 atom stereocenters. The lowest BCUT2D eigenvalue weighted by molar-refractivity contribution is 0.104. The van der Waals surface area contributed by atoms with Gasteiger partial charge >= 0.3 is 0 Å². The number of hydrogen-bond donors (Lipinski definition) is 2. The second kappa shape index (κ2) is 5.75. The molecule has 0 aromatic carbocycles. The molecule has 0 saturated heterocycles. The van der Waals surface area contributed by atoms with Gasteiger partial charge in [0, 0.05) is 18.5 Å². The summed E-state index contributed by atoms with van der Waals surface area (Å²) in [6, 6.07) is 1.94. The maximum atomic E-state index is 9.69. The Labute approximate surface area is 122 Å². The predicted octanol–water partition coefficient (Wildman–Crippen LogP) is 3.08. The Morgan fingerprint density at radius 3 is 2.84 bits per heavy atom. The molecule has 0 bridgehead atoms. The van der Waals surface area contributed by atoms with Crippen molar-refractivity contribution in [3.05, 3.63) is 16.5 Å². The van der Waals surface area contributed by atoms with Crippen molar-refractivity contribution in [1.82, 2.24) is 9.97 Å². The summed E-state index contributed by atoms with van der Waals surface area (Å²) in [7, 11) is 0. The molecule has 2 unspecified atom stereocenters. The summed E-state index contributed by atoms with van der Waals surface area (Å²) >= 11 is 3.45. The number of hydrogen-bond acceptors (Lipinski definition) is 4. The van der Waals surface area contributed by atoms with E-state index in [1.54, 1.807) is 0 Å². The fourth-order valence-corrected chi connectivity index (χ4v) is 3.15. The van der Waals surface area contributed by atoms with Crippen molar-refractivity contribution >= 4 is 21.7 Å². The quantitative estimate of drug-likeness (QED) is 0.835. The number of aromatic nitrogens is 2. The zero-order valence-corrected chi connectivity index (χ0v) is 12.6. The van der Waals surface area contributed by atoms with E-state index in [9.17, 15) is 5.11 Å². The number of aliphatic hydroxyl groups excluding tert-OH is 1. The van der Waals surface area contributed by atoms with E-state index in [1.165, 1.54) is 19.3 Å². The first-order chi connectivity index (χ1) is 9.20. The van der Waals surface area contributed by atoms with Crippen LogP contribution in [0.25, 0.3) is 0 Å². The number of halogens is 1. The third-order valence-electron chi connectivity index (χ3n) is 3.98. The molecule has 1 aromatic heterocycles.